The molecule has 1 aliphatic heterocycles. The summed E-state index contributed by atoms with van der Waals surface area (Å²) < 4.78 is 0. The number of pyridine rings is 3. The van der Waals surface area contributed by atoms with Crippen molar-refractivity contribution in [3.63, 3.8) is 0 Å². The maximum Gasteiger partial charge on any atom is 0.180 e. The third-order valence-corrected chi connectivity index (χ3v) is 3.58. The van der Waals surface area contributed by atoms with Crippen molar-refractivity contribution in [2.24, 2.45) is 5.10 Å². The molecule has 3 aromatic rings. The molecule has 23 heavy (non-hydrogen) atoms. The van der Waals surface area contributed by atoms with Gasteiger partial charge in [0, 0.05) is 30.5 Å². The normalized spacial score (nSPS) is 16.8. The average molecular weight is 302 g/mol. The molecule has 0 fully saturated rings. The molecule has 0 aromatic carbocycles. The van der Waals surface area contributed by atoms with Crippen LogP contribution in [0.5, 0.6) is 0 Å². The van der Waals surface area contributed by atoms with E-state index in [0.717, 1.165) is 22.9 Å². The van der Waals surface area contributed by atoms with Crippen LogP contribution in [-0.4, -0.2) is 20.8 Å². The summed E-state index contributed by atoms with van der Waals surface area (Å²) in [6.45, 7) is 0. The summed E-state index contributed by atoms with van der Waals surface area (Å²) in [5, 5.41) is 4.49. The Morgan fingerprint density at radius 2 is 1.61 bits per heavy atom. The summed E-state index contributed by atoms with van der Waals surface area (Å²) >= 11 is 0. The quantitative estimate of drug-likeness (QED) is 0.804. The van der Waals surface area contributed by atoms with Crippen molar-refractivity contribution >= 4 is 11.5 Å². The van der Waals surface area contributed by atoms with Gasteiger partial charge in [0.15, 0.2) is 12.0 Å². The zero-order valence-electron chi connectivity index (χ0n) is 12.2. The van der Waals surface area contributed by atoms with Gasteiger partial charge in [-0.15, -0.1) is 0 Å². The molecule has 0 aliphatic carbocycles. The predicted molar refractivity (Wildman–Crippen MR) is 87.6 cm³/mol. The zero-order valence-corrected chi connectivity index (χ0v) is 12.2. The van der Waals surface area contributed by atoms with Gasteiger partial charge in [-0.1, -0.05) is 12.1 Å². The van der Waals surface area contributed by atoms with Gasteiger partial charge in [0.25, 0.3) is 0 Å². The lowest BCUT2D eigenvalue weighted by Crippen LogP contribution is -2.34. The van der Waals surface area contributed by atoms with E-state index >= 15 is 0 Å². The fourth-order valence-electron chi connectivity index (χ4n) is 2.54. The summed E-state index contributed by atoms with van der Waals surface area (Å²) in [7, 11) is 0. The van der Waals surface area contributed by atoms with Crippen molar-refractivity contribution in [3.8, 4) is 0 Å². The van der Waals surface area contributed by atoms with Crippen molar-refractivity contribution in [1.29, 1.82) is 0 Å². The van der Waals surface area contributed by atoms with Crippen molar-refractivity contribution in [3.05, 3.63) is 84.7 Å². The number of nitrogens with zero attached hydrogens (tertiary/aromatic N) is 5. The van der Waals surface area contributed by atoms with Gasteiger partial charge in [-0.05, 0) is 36.4 Å². The highest BCUT2D eigenvalue weighted by molar-refractivity contribution is 6.10. The molecular weight excluding hydrogens is 288 g/mol. The minimum atomic E-state index is -0.185. The van der Waals surface area contributed by atoms with E-state index in [-0.39, 0.29) is 6.17 Å². The van der Waals surface area contributed by atoms with Crippen LogP contribution in [0.2, 0.25) is 0 Å². The Bertz CT molecular complexity index is 804. The largest absolute Gasteiger partial charge is 0.295 e. The molecule has 1 aliphatic rings. The molecule has 0 amide bonds. The Balaban J connectivity index is 1.79. The molecule has 112 valence electrons. The van der Waals surface area contributed by atoms with Crippen LogP contribution in [0.4, 0.5) is 5.69 Å². The van der Waals surface area contributed by atoms with Crippen LogP contribution in [0.1, 0.15) is 17.6 Å². The molecule has 4 heterocycles. The monoisotopic (exact) mass is 302 g/mol. The first-order chi connectivity index (χ1) is 11.4. The van der Waals surface area contributed by atoms with Crippen molar-refractivity contribution < 1.29 is 0 Å². The van der Waals surface area contributed by atoms with Crippen LogP contribution >= 0.6 is 0 Å². The number of rotatable bonds is 3. The Morgan fingerprint density at radius 3 is 2.30 bits per heavy atom. The lowest BCUT2D eigenvalue weighted by Gasteiger charge is -2.26. The minimum Gasteiger partial charge on any atom is -0.295 e. The first-order valence-electron chi connectivity index (χ1n) is 7.28. The molecule has 0 saturated heterocycles. The van der Waals surface area contributed by atoms with E-state index in [1.807, 2.05) is 48.5 Å². The van der Waals surface area contributed by atoms with Crippen LogP contribution in [0.25, 0.3) is 0 Å². The van der Waals surface area contributed by atoms with Gasteiger partial charge in [-0.2, -0.15) is 5.10 Å². The van der Waals surface area contributed by atoms with E-state index in [9.17, 15) is 0 Å². The highest BCUT2D eigenvalue weighted by atomic mass is 15.5. The molecule has 0 spiro atoms. The van der Waals surface area contributed by atoms with Crippen LogP contribution in [-0.2, 0) is 0 Å². The Labute approximate surface area is 133 Å². The molecular formula is C17H14N6. The van der Waals surface area contributed by atoms with Crippen LogP contribution in [0, 0.1) is 0 Å². The van der Waals surface area contributed by atoms with Gasteiger partial charge >= 0.3 is 0 Å². The van der Waals surface area contributed by atoms with E-state index < -0.39 is 0 Å². The second kappa shape index (κ2) is 5.84. The van der Waals surface area contributed by atoms with Gasteiger partial charge in [-0.3, -0.25) is 25.3 Å². The number of nitrogens with one attached hydrogen (secondary N) is 1. The van der Waals surface area contributed by atoms with E-state index in [1.165, 1.54) is 0 Å². The standard InChI is InChI=1S/C17H14N6/c1-3-9-19-14(5-1)16-21-22-17(15-6-2-4-10-20-15)23(16)13-7-11-18-12-8-13/h1-12,16,21H. The summed E-state index contributed by atoms with van der Waals surface area (Å²) in [5.41, 5.74) is 5.83. The van der Waals surface area contributed by atoms with E-state index in [4.69, 9.17) is 0 Å². The van der Waals surface area contributed by atoms with Crippen LogP contribution in [0.3, 0.4) is 0 Å². The number of amidine groups is 1. The fourth-order valence-corrected chi connectivity index (χ4v) is 2.54. The van der Waals surface area contributed by atoms with Gasteiger partial charge in [0.1, 0.15) is 5.69 Å². The van der Waals surface area contributed by atoms with Crippen molar-refractivity contribution in [2.75, 3.05) is 4.90 Å². The molecule has 0 bridgehead atoms. The van der Waals surface area contributed by atoms with Crippen molar-refractivity contribution in [2.45, 2.75) is 6.17 Å². The topological polar surface area (TPSA) is 66.3 Å². The van der Waals surface area contributed by atoms with Gasteiger partial charge < -0.3 is 0 Å². The van der Waals surface area contributed by atoms with Gasteiger partial charge in [0.05, 0.1) is 5.69 Å². The maximum absolute atomic E-state index is 4.49. The molecule has 0 radical (unpaired) electrons. The molecule has 6 nitrogen and oxygen atoms in total. The lowest BCUT2D eigenvalue weighted by molar-refractivity contribution is 0.600. The van der Waals surface area contributed by atoms with Gasteiger partial charge in [-0.25, -0.2) is 0 Å². The summed E-state index contributed by atoms with van der Waals surface area (Å²) in [6, 6.07) is 15.5. The SMILES string of the molecule is c1ccc(C2=NNC(c3ccccn3)N2c2ccncc2)nc1. The molecule has 0 saturated carbocycles. The average Bonchev–Trinajstić information content (AvgIpc) is 3.09. The molecule has 1 atom stereocenters. The van der Waals surface area contributed by atoms with Gasteiger partial charge in [0.2, 0.25) is 0 Å². The Hall–Kier alpha value is -3.28. The highest BCUT2D eigenvalue weighted by Crippen LogP contribution is 2.29. The predicted octanol–water partition coefficient (Wildman–Crippen LogP) is 2.34. The van der Waals surface area contributed by atoms with Crippen molar-refractivity contribution in [1.82, 2.24) is 20.4 Å². The van der Waals surface area contributed by atoms with E-state index in [2.05, 4.69) is 30.4 Å². The number of anilines is 1. The first-order valence-corrected chi connectivity index (χ1v) is 7.28. The van der Waals surface area contributed by atoms with Crippen LogP contribution < -0.4 is 10.3 Å². The fraction of sp³-hybridized carbons (Fsp3) is 0.0588. The third kappa shape index (κ3) is 2.50. The van der Waals surface area contributed by atoms with E-state index in [0.29, 0.717) is 0 Å². The number of hydrogen-bond acceptors (Lipinski definition) is 6. The number of hydrogen-bond donors (Lipinski definition) is 1. The molecule has 6 heteroatoms. The molecule has 1 unspecified atom stereocenters. The lowest BCUT2D eigenvalue weighted by atomic mass is 10.2. The summed E-state index contributed by atoms with van der Waals surface area (Å²) in [6.07, 6.45) is 6.88. The minimum absolute atomic E-state index is 0.185. The molecule has 4 rings (SSSR count). The number of hydrazone groups is 1. The molecule has 3 aromatic heterocycles. The Morgan fingerprint density at radius 1 is 0.826 bits per heavy atom. The second-order valence-electron chi connectivity index (χ2n) is 5.01. The Kier molecular flexibility index (Phi) is 3.40. The third-order valence-electron chi connectivity index (χ3n) is 3.58. The summed E-state index contributed by atoms with van der Waals surface area (Å²) in [5.74, 6) is 0.757. The van der Waals surface area contributed by atoms with Crippen LogP contribution in [0.15, 0.2) is 78.4 Å². The maximum atomic E-state index is 4.49. The van der Waals surface area contributed by atoms with E-state index in [1.54, 1.807) is 24.8 Å². The second-order valence-corrected chi connectivity index (χ2v) is 5.01. The number of aromatic nitrogens is 3. The summed E-state index contributed by atoms with van der Waals surface area (Å²) in [4.78, 5) is 15.0. The highest BCUT2D eigenvalue weighted by Gasteiger charge is 2.32. The smallest absolute Gasteiger partial charge is 0.180 e. The molecule has 1 N–H and O–H groups in total. The first kappa shape index (κ1) is 13.4. The zero-order chi connectivity index (χ0) is 15.5.